The molecule has 0 amide bonds. The van der Waals surface area contributed by atoms with Crippen LogP contribution in [0.1, 0.15) is 28.4 Å². The van der Waals surface area contributed by atoms with E-state index < -0.39 is 38.6 Å². The number of alkyl halides is 6. The molecule has 0 aromatic heterocycles. The molecule has 0 fully saturated rings. The Bertz CT molecular complexity index is 521. The Morgan fingerprint density at radius 3 is 2.10 bits per heavy atom. The zero-order chi connectivity index (χ0) is 15.7. The van der Waals surface area contributed by atoms with Gasteiger partial charge in [-0.1, -0.05) is 0 Å². The van der Waals surface area contributed by atoms with Crippen LogP contribution in [0.2, 0.25) is 0 Å². The maximum Gasteiger partial charge on any atom is 0.418 e. The van der Waals surface area contributed by atoms with Crippen LogP contribution in [-0.2, 0) is 17.1 Å². The highest BCUT2D eigenvalue weighted by Crippen LogP contribution is 2.41. The van der Waals surface area contributed by atoms with Gasteiger partial charge in [-0.25, -0.2) is 4.79 Å². The summed E-state index contributed by atoms with van der Waals surface area (Å²) in [6.45, 7) is 0.950. The molecule has 9 heteroatoms. The number of hydrogen-bond acceptors (Lipinski definition) is 2. The van der Waals surface area contributed by atoms with Gasteiger partial charge in [0.25, 0.3) is 0 Å². The lowest BCUT2D eigenvalue weighted by Crippen LogP contribution is -2.22. The minimum absolute atomic E-state index is 0.334. The molecule has 0 bridgehead atoms. The fourth-order valence-electron chi connectivity index (χ4n) is 1.51. The van der Waals surface area contributed by atoms with Gasteiger partial charge in [0.2, 0.25) is 0 Å². The predicted octanol–water partition coefficient (Wildman–Crippen LogP) is 4.51. The molecular formula is C11H7F6IO2. The minimum Gasteiger partial charge on any atom is -0.462 e. The number of ether oxygens (including phenoxy) is 1. The standard InChI is InChI=1S/C11H7F6IO2/c1-2-20-9(19)7-5(10(12,13)14)3-4-6(18)8(7)11(15,16)17/h3-4H,2H2,1H3. The van der Waals surface area contributed by atoms with Crippen LogP contribution in [0.3, 0.4) is 0 Å². The second-order valence-electron chi connectivity index (χ2n) is 3.56. The van der Waals surface area contributed by atoms with Crippen molar-refractivity contribution in [1.82, 2.24) is 0 Å². The second-order valence-corrected chi connectivity index (χ2v) is 4.72. The fourth-order valence-corrected chi connectivity index (χ4v) is 2.26. The number of halogens is 7. The predicted molar refractivity (Wildman–Crippen MR) is 65.1 cm³/mol. The molecule has 0 saturated carbocycles. The van der Waals surface area contributed by atoms with Gasteiger partial charge in [-0.3, -0.25) is 0 Å². The van der Waals surface area contributed by atoms with Gasteiger partial charge >= 0.3 is 18.3 Å². The summed E-state index contributed by atoms with van der Waals surface area (Å²) >= 11 is 1.22. The van der Waals surface area contributed by atoms with E-state index in [1.807, 2.05) is 0 Å². The average molecular weight is 412 g/mol. The third-order valence-corrected chi connectivity index (χ3v) is 3.12. The van der Waals surface area contributed by atoms with Crippen LogP contribution in [0.25, 0.3) is 0 Å². The Balaban J connectivity index is 3.70. The number of carbonyl (C=O) groups excluding carboxylic acids is 1. The first-order valence-electron chi connectivity index (χ1n) is 5.14. The Morgan fingerprint density at radius 1 is 1.15 bits per heavy atom. The van der Waals surface area contributed by atoms with Crippen LogP contribution >= 0.6 is 22.6 Å². The van der Waals surface area contributed by atoms with E-state index in [1.54, 1.807) is 0 Å². The van der Waals surface area contributed by atoms with E-state index >= 15 is 0 Å². The minimum atomic E-state index is -5.10. The smallest absolute Gasteiger partial charge is 0.418 e. The molecule has 20 heavy (non-hydrogen) atoms. The van der Waals surface area contributed by atoms with Gasteiger partial charge in [-0.05, 0) is 41.6 Å². The SMILES string of the molecule is CCOC(=O)c1c(C(F)(F)F)ccc(I)c1C(F)(F)F. The number of rotatable bonds is 2. The monoisotopic (exact) mass is 412 g/mol. The fraction of sp³-hybridized carbons (Fsp3) is 0.364. The van der Waals surface area contributed by atoms with Gasteiger partial charge in [0.05, 0.1) is 23.3 Å². The van der Waals surface area contributed by atoms with Crippen LogP contribution in [0.15, 0.2) is 12.1 Å². The molecule has 0 radical (unpaired) electrons. The van der Waals surface area contributed by atoms with Crippen LogP contribution in [-0.4, -0.2) is 12.6 Å². The Morgan fingerprint density at radius 2 is 1.70 bits per heavy atom. The Hall–Kier alpha value is -1.00. The van der Waals surface area contributed by atoms with Crippen molar-refractivity contribution in [1.29, 1.82) is 0 Å². The van der Waals surface area contributed by atoms with Crippen LogP contribution in [0.4, 0.5) is 26.3 Å². The number of carbonyl (C=O) groups is 1. The normalized spacial score (nSPS) is 12.4. The van der Waals surface area contributed by atoms with Crippen LogP contribution < -0.4 is 0 Å². The van der Waals surface area contributed by atoms with Crippen molar-refractivity contribution < 1.29 is 35.9 Å². The highest BCUT2D eigenvalue weighted by Gasteiger charge is 2.44. The summed E-state index contributed by atoms with van der Waals surface area (Å²) in [4.78, 5) is 11.5. The molecule has 1 aromatic rings. The lowest BCUT2D eigenvalue weighted by molar-refractivity contribution is -0.144. The molecular weight excluding hydrogens is 405 g/mol. The lowest BCUT2D eigenvalue weighted by Gasteiger charge is -2.18. The summed E-state index contributed by atoms with van der Waals surface area (Å²) in [6.07, 6.45) is -10.2. The van der Waals surface area contributed by atoms with Gasteiger partial charge in [-0.2, -0.15) is 26.3 Å². The summed E-state index contributed by atoms with van der Waals surface area (Å²) < 4.78 is 80.8. The van der Waals surface area contributed by atoms with Crippen molar-refractivity contribution in [2.75, 3.05) is 6.61 Å². The average Bonchev–Trinajstić information content (AvgIpc) is 2.25. The molecule has 0 aliphatic rings. The summed E-state index contributed by atoms with van der Waals surface area (Å²) in [6, 6.07) is 1.10. The van der Waals surface area contributed by atoms with Crippen molar-refractivity contribution in [2.45, 2.75) is 19.3 Å². The highest BCUT2D eigenvalue weighted by molar-refractivity contribution is 14.1. The van der Waals surface area contributed by atoms with E-state index in [0.717, 1.165) is 0 Å². The van der Waals surface area contributed by atoms with E-state index in [2.05, 4.69) is 4.74 Å². The Labute approximate surface area is 123 Å². The van der Waals surface area contributed by atoms with Crippen molar-refractivity contribution in [3.63, 3.8) is 0 Å². The molecule has 0 heterocycles. The number of benzene rings is 1. The molecule has 0 N–H and O–H groups in total. The summed E-state index contributed by atoms with van der Waals surface area (Å²) in [5.74, 6) is -1.65. The largest absolute Gasteiger partial charge is 0.462 e. The second kappa shape index (κ2) is 5.78. The third kappa shape index (κ3) is 3.55. The number of hydrogen-bond donors (Lipinski definition) is 0. The molecule has 0 saturated heterocycles. The first-order valence-corrected chi connectivity index (χ1v) is 6.22. The topological polar surface area (TPSA) is 26.3 Å². The molecule has 0 spiro atoms. The maximum absolute atomic E-state index is 12.9. The molecule has 0 unspecified atom stereocenters. The van der Waals surface area contributed by atoms with E-state index in [4.69, 9.17) is 0 Å². The molecule has 0 aliphatic carbocycles. The zero-order valence-corrected chi connectivity index (χ0v) is 12.0. The molecule has 112 valence electrons. The highest BCUT2D eigenvalue weighted by atomic mass is 127. The van der Waals surface area contributed by atoms with Crippen LogP contribution in [0.5, 0.6) is 0 Å². The van der Waals surface area contributed by atoms with Gasteiger partial charge in [0.1, 0.15) is 0 Å². The molecule has 0 aliphatic heterocycles. The van der Waals surface area contributed by atoms with E-state index in [-0.39, 0.29) is 6.61 Å². The van der Waals surface area contributed by atoms with Gasteiger partial charge in [0.15, 0.2) is 0 Å². The number of esters is 1. The first-order chi connectivity index (χ1) is 9.00. The van der Waals surface area contributed by atoms with Crippen molar-refractivity contribution in [2.24, 2.45) is 0 Å². The zero-order valence-electron chi connectivity index (χ0n) is 9.82. The Kier molecular flexibility index (Phi) is 4.93. The van der Waals surface area contributed by atoms with E-state index in [0.29, 0.717) is 12.1 Å². The maximum atomic E-state index is 12.9. The van der Waals surface area contributed by atoms with E-state index in [1.165, 1.54) is 29.5 Å². The summed E-state index contributed by atoms with van der Waals surface area (Å²) in [5, 5.41) is 0. The molecule has 1 aromatic carbocycles. The van der Waals surface area contributed by atoms with Gasteiger partial charge in [0, 0.05) is 3.57 Å². The van der Waals surface area contributed by atoms with Crippen molar-refractivity contribution in [3.05, 3.63) is 32.4 Å². The first kappa shape index (κ1) is 17.1. The van der Waals surface area contributed by atoms with Gasteiger partial charge < -0.3 is 4.74 Å². The summed E-state index contributed by atoms with van der Waals surface area (Å²) in [5.41, 5.74) is -4.80. The van der Waals surface area contributed by atoms with Crippen molar-refractivity contribution in [3.8, 4) is 0 Å². The third-order valence-electron chi connectivity index (χ3n) is 2.22. The molecule has 1 rings (SSSR count). The van der Waals surface area contributed by atoms with Crippen LogP contribution in [0, 0.1) is 3.57 Å². The molecule has 2 nitrogen and oxygen atoms in total. The van der Waals surface area contributed by atoms with Gasteiger partial charge in [-0.15, -0.1) is 0 Å². The summed E-state index contributed by atoms with van der Waals surface area (Å²) in [7, 11) is 0. The van der Waals surface area contributed by atoms with E-state index in [9.17, 15) is 31.1 Å². The lowest BCUT2D eigenvalue weighted by atomic mass is 10.00. The quantitative estimate of drug-likeness (QED) is 0.406. The molecule has 0 atom stereocenters. The van der Waals surface area contributed by atoms with Crippen molar-refractivity contribution >= 4 is 28.6 Å².